The van der Waals surface area contributed by atoms with Gasteiger partial charge < -0.3 is 14.4 Å². The fourth-order valence-corrected chi connectivity index (χ4v) is 5.49. The summed E-state index contributed by atoms with van der Waals surface area (Å²) >= 11 is 0. The van der Waals surface area contributed by atoms with Crippen LogP contribution in [0.5, 0.6) is 11.5 Å². The number of nitrogens with zero attached hydrogens (tertiary/aromatic N) is 3. The third-order valence-electron chi connectivity index (χ3n) is 7.49. The van der Waals surface area contributed by atoms with Crippen molar-refractivity contribution < 1.29 is 18.7 Å². The topological polar surface area (TPSA) is 64.0 Å². The predicted octanol–water partition coefficient (Wildman–Crippen LogP) is 5.43. The van der Waals surface area contributed by atoms with E-state index in [0.29, 0.717) is 12.2 Å². The molecule has 7 nitrogen and oxygen atoms in total. The third kappa shape index (κ3) is 5.09. The first kappa shape index (κ1) is 26.4. The second kappa shape index (κ2) is 11.3. The summed E-state index contributed by atoms with van der Waals surface area (Å²) in [6.07, 6.45) is 6.03. The smallest absolute Gasteiger partial charge is 0.278 e. The maximum absolute atomic E-state index is 14.5. The molecule has 2 bridgehead atoms. The Kier molecular flexibility index (Phi) is 7.29. The quantitative estimate of drug-likeness (QED) is 0.310. The van der Waals surface area contributed by atoms with Crippen LogP contribution in [-0.4, -0.2) is 34.8 Å². The van der Waals surface area contributed by atoms with Gasteiger partial charge in [-0.05, 0) is 35.8 Å². The van der Waals surface area contributed by atoms with Crippen molar-refractivity contribution in [2.24, 2.45) is 0 Å². The second-order valence-corrected chi connectivity index (χ2v) is 10.0. The van der Waals surface area contributed by atoms with Gasteiger partial charge in [0.05, 0.1) is 6.04 Å². The zero-order valence-corrected chi connectivity index (χ0v) is 22.7. The number of hydrogen-bond acceptors (Lipinski definition) is 5. The summed E-state index contributed by atoms with van der Waals surface area (Å²) in [6.45, 7) is 2.57. The van der Waals surface area contributed by atoms with Gasteiger partial charge in [0.15, 0.2) is 11.4 Å². The van der Waals surface area contributed by atoms with Gasteiger partial charge in [-0.1, -0.05) is 73.7 Å². The molecule has 4 aromatic rings. The lowest BCUT2D eigenvalue weighted by atomic mass is 9.96. The van der Waals surface area contributed by atoms with Crippen LogP contribution in [0.3, 0.4) is 0 Å². The molecule has 0 saturated carbocycles. The Morgan fingerprint density at radius 3 is 2.49 bits per heavy atom. The highest BCUT2D eigenvalue weighted by molar-refractivity contribution is 5.96. The Morgan fingerprint density at radius 1 is 0.976 bits per heavy atom. The van der Waals surface area contributed by atoms with Gasteiger partial charge in [-0.2, -0.15) is 0 Å². The van der Waals surface area contributed by atoms with Gasteiger partial charge in [0.2, 0.25) is 5.43 Å². The highest BCUT2D eigenvalue weighted by Crippen LogP contribution is 2.38. The summed E-state index contributed by atoms with van der Waals surface area (Å²) in [5, 5.41) is 2.00. The van der Waals surface area contributed by atoms with Crippen LogP contribution in [0.15, 0.2) is 108 Å². The average molecular weight is 552 g/mol. The van der Waals surface area contributed by atoms with Crippen LogP contribution in [-0.2, 0) is 6.61 Å². The summed E-state index contributed by atoms with van der Waals surface area (Å²) in [4.78, 5) is 29.2. The number of pyridine rings is 1. The number of benzene rings is 3. The van der Waals surface area contributed by atoms with Crippen LogP contribution in [0.4, 0.5) is 4.39 Å². The molecule has 2 atom stereocenters. The Labute approximate surface area is 237 Å². The predicted molar refractivity (Wildman–Crippen MR) is 154 cm³/mol. The largest absolute Gasteiger partial charge is 0.489 e. The molecular formula is C33H30FN3O4. The van der Waals surface area contributed by atoms with Crippen LogP contribution < -0.4 is 19.9 Å². The maximum Gasteiger partial charge on any atom is 0.278 e. The third-order valence-corrected chi connectivity index (χ3v) is 7.49. The van der Waals surface area contributed by atoms with Gasteiger partial charge in [0.1, 0.15) is 37.5 Å². The first-order chi connectivity index (χ1) is 20.0. The summed E-state index contributed by atoms with van der Waals surface area (Å²) in [7, 11) is 0. The van der Waals surface area contributed by atoms with Crippen LogP contribution >= 0.6 is 0 Å². The van der Waals surface area contributed by atoms with Crippen molar-refractivity contribution in [1.29, 1.82) is 0 Å². The zero-order valence-electron chi connectivity index (χ0n) is 22.7. The summed E-state index contributed by atoms with van der Waals surface area (Å²) in [5.74, 6) is -0.307. The van der Waals surface area contributed by atoms with Gasteiger partial charge >= 0.3 is 0 Å². The first-order valence-electron chi connectivity index (χ1n) is 13.7. The number of aromatic nitrogens is 1. The van der Waals surface area contributed by atoms with Gasteiger partial charge in [0, 0.05) is 23.9 Å². The molecule has 0 N–H and O–H groups in total. The van der Waals surface area contributed by atoms with Gasteiger partial charge in [-0.3, -0.25) is 19.3 Å². The normalized spacial score (nSPS) is 18.9. The standard InChI is InChI=1S/C33H30FN3O4/c1-2-26-14-9-19-40-29-20-25(34)15-16-27(29)30(24-12-7-4-8-13-24)37-22-35(26)33(39)31-32(28(38)17-18-36(31)37)41-21-23-10-5-3-6-11-23/h3-18,20,26,30H,2,19,21-22H2,1H3/b14-9+/t26-,30+/m0/s1. The van der Waals surface area contributed by atoms with Crippen molar-refractivity contribution in [3.63, 3.8) is 0 Å². The fourth-order valence-electron chi connectivity index (χ4n) is 5.49. The van der Waals surface area contributed by atoms with Crippen molar-refractivity contribution in [3.05, 3.63) is 142 Å². The number of halogens is 1. The molecule has 3 aromatic carbocycles. The molecule has 0 spiro atoms. The lowest BCUT2D eigenvalue weighted by Gasteiger charge is -2.46. The molecule has 1 amide bonds. The number of fused-ring (bicyclic) bond motifs is 5. The molecule has 41 heavy (non-hydrogen) atoms. The fraction of sp³-hybridized carbons (Fsp3) is 0.212. The van der Waals surface area contributed by atoms with Crippen molar-refractivity contribution in [2.75, 3.05) is 18.3 Å². The van der Waals surface area contributed by atoms with Crippen molar-refractivity contribution in [1.82, 2.24) is 9.58 Å². The molecule has 0 unspecified atom stereocenters. The zero-order chi connectivity index (χ0) is 28.3. The van der Waals surface area contributed by atoms with E-state index in [1.165, 1.54) is 18.2 Å². The summed E-state index contributed by atoms with van der Waals surface area (Å²) in [6, 6.07) is 24.5. The van der Waals surface area contributed by atoms with E-state index in [4.69, 9.17) is 9.47 Å². The molecule has 1 aromatic heterocycles. The van der Waals surface area contributed by atoms with Crippen LogP contribution in [0.2, 0.25) is 0 Å². The lowest BCUT2D eigenvalue weighted by Crippen LogP contribution is -2.58. The van der Waals surface area contributed by atoms with Crippen molar-refractivity contribution >= 4 is 5.91 Å². The SMILES string of the molecule is CC[C@H]1/C=C/COc2cc(F)ccc2[C@@H](c2ccccc2)N2CN1C(=O)c1c(OCc3ccccc3)c(=O)ccn12. The Bertz CT molecular complexity index is 1640. The molecule has 0 fully saturated rings. The van der Waals surface area contributed by atoms with E-state index in [0.717, 1.165) is 16.7 Å². The number of ether oxygens (including phenoxy) is 2. The molecule has 2 aliphatic heterocycles. The molecule has 0 radical (unpaired) electrons. The average Bonchev–Trinajstić information content (AvgIpc) is 3.02. The van der Waals surface area contributed by atoms with E-state index < -0.39 is 11.9 Å². The number of carbonyl (C=O) groups excluding carboxylic acids is 1. The Hall–Kier alpha value is -4.85. The number of carbonyl (C=O) groups is 1. The lowest BCUT2D eigenvalue weighted by molar-refractivity contribution is 0.0623. The van der Waals surface area contributed by atoms with Crippen LogP contribution in [0.25, 0.3) is 0 Å². The van der Waals surface area contributed by atoms with Gasteiger partial charge in [-0.25, -0.2) is 4.39 Å². The maximum atomic E-state index is 14.5. The molecule has 0 aliphatic carbocycles. The monoisotopic (exact) mass is 551 g/mol. The van der Waals surface area contributed by atoms with E-state index in [9.17, 15) is 14.0 Å². The molecular weight excluding hydrogens is 521 g/mol. The van der Waals surface area contributed by atoms with E-state index in [1.807, 2.05) is 84.7 Å². The van der Waals surface area contributed by atoms with Crippen molar-refractivity contribution in [2.45, 2.75) is 32.0 Å². The van der Waals surface area contributed by atoms with Crippen LogP contribution in [0.1, 0.15) is 46.6 Å². The highest BCUT2D eigenvalue weighted by Gasteiger charge is 2.40. The summed E-state index contributed by atoms with van der Waals surface area (Å²) < 4.78 is 28.4. The second-order valence-electron chi connectivity index (χ2n) is 10.0. The molecule has 3 heterocycles. The number of rotatable bonds is 5. The van der Waals surface area contributed by atoms with E-state index in [-0.39, 0.29) is 48.7 Å². The highest BCUT2D eigenvalue weighted by atomic mass is 19.1. The van der Waals surface area contributed by atoms with Crippen LogP contribution in [0, 0.1) is 5.82 Å². The molecule has 8 heteroatoms. The van der Waals surface area contributed by atoms with E-state index >= 15 is 0 Å². The van der Waals surface area contributed by atoms with Crippen molar-refractivity contribution in [3.8, 4) is 11.5 Å². The Balaban J connectivity index is 1.58. The first-order valence-corrected chi connectivity index (χ1v) is 13.7. The Morgan fingerprint density at radius 2 is 1.73 bits per heavy atom. The minimum atomic E-state index is -0.485. The molecule has 0 saturated heterocycles. The number of amides is 1. The van der Waals surface area contributed by atoms with E-state index in [1.54, 1.807) is 21.8 Å². The van der Waals surface area contributed by atoms with Gasteiger partial charge in [0.25, 0.3) is 5.91 Å². The number of hydrogen-bond donors (Lipinski definition) is 0. The van der Waals surface area contributed by atoms with Gasteiger partial charge in [-0.15, -0.1) is 0 Å². The van der Waals surface area contributed by atoms with E-state index in [2.05, 4.69) is 0 Å². The minimum absolute atomic E-state index is 0.00727. The summed E-state index contributed by atoms with van der Waals surface area (Å²) in [5.41, 5.74) is 2.29. The molecule has 2 aliphatic rings. The molecule has 208 valence electrons. The minimum Gasteiger partial charge on any atom is -0.489 e. The molecule has 6 rings (SSSR count).